The molecule has 0 radical (unpaired) electrons. The molecule has 1 fully saturated rings. The Balaban J connectivity index is 1.53. The van der Waals surface area contributed by atoms with Crippen LogP contribution in [0.5, 0.6) is 11.5 Å². The second-order valence-corrected chi connectivity index (χ2v) is 14.8. The molecule has 2 aromatic carbocycles. The summed E-state index contributed by atoms with van der Waals surface area (Å²) in [6.45, 7) is 5.27. The average molecular weight is 567 g/mol. The van der Waals surface area contributed by atoms with Crippen LogP contribution in [0.1, 0.15) is 24.5 Å². The monoisotopic (exact) mass is 566 g/mol. The van der Waals surface area contributed by atoms with E-state index in [0.717, 1.165) is 5.56 Å². The lowest BCUT2D eigenvalue weighted by Gasteiger charge is -2.31. The van der Waals surface area contributed by atoms with Gasteiger partial charge in [0.05, 0.1) is 32.6 Å². The number of aliphatic hydroxyl groups is 1. The first-order chi connectivity index (χ1) is 19.1. The van der Waals surface area contributed by atoms with E-state index in [2.05, 4.69) is 0 Å². The number of carbonyl (C=O) groups excluding carboxylic acids is 1. The SMILES string of the molecule is COc1ccc2c(c1)[C@]1(O[C@@H](CCO)[C@H]([Si](C)(C)F)[C@H]1C)C(=O)N2Cc1ccc(-n2cccc(OC)c2=O)cc1. The van der Waals surface area contributed by atoms with Gasteiger partial charge < -0.3 is 28.3 Å². The van der Waals surface area contributed by atoms with Crippen molar-refractivity contribution in [3.05, 3.63) is 82.3 Å². The molecule has 1 saturated heterocycles. The third kappa shape index (κ3) is 4.44. The van der Waals surface area contributed by atoms with Crippen molar-refractivity contribution in [1.29, 1.82) is 0 Å². The van der Waals surface area contributed by atoms with E-state index >= 15 is 4.11 Å². The fourth-order valence-corrected chi connectivity index (χ4v) is 9.03. The highest BCUT2D eigenvalue weighted by Gasteiger charge is 2.66. The normalized spacial score (nSPS) is 24.0. The molecule has 1 aromatic heterocycles. The Morgan fingerprint density at radius 1 is 1.07 bits per heavy atom. The number of halogens is 1. The number of rotatable bonds is 8. The van der Waals surface area contributed by atoms with Crippen molar-refractivity contribution in [3.8, 4) is 17.2 Å². The van der Waals surface area contributed by atoms with Crippen molar-refractivity contribution >= 4 is 20.0 Å². The lowest BCUT2D eigenvalue weighted by molar-refractivity contribution is -0.146. The van der Waals surface area contributed by atoms with Crippen molar-refractivity contribution in [1.82, 2.24) is 4.57 Å². The summed E-state index contributed by atoms with van der Waals surface area (Å²) in [5.41, 5.74) is 0.748. The summed E-state index contributed by atoms with van der Waals surface area (Å²) in [7, 11) is -0.258. The molecule has 8 nitrogen and oxygen atoms in total. The van der Waals surface area contributed by atoms with Gasteiger partial charge in [-0.25, -0.2) is 0 Å². The van der Waals surface area contributed by atoms with Gasteiger partial charge in [-0.3, -0.25) is 14.2 Å². The Morgan fingerprint density at radius 3 is 2.42 bits per heavy atom. The number of hydrogen-bond donors (Lipinski definition) is 1. The van der Waals surface area contributed by atoms with E-state index in [0.29, 0.717) is 22.7 Å². The molecule has 40 heavy (non-hydrogen) atoms. The second kappa shape index (κ2) is 10.5. The molecule has 3 aromatic rings. The van der Waals surface area contributed by atoms with Gasteiger partial charge in [-0.05, 0) is 67.5 Å². The molecule has 3 heterocycles. The summed E-state index contributed by atoms with van der Waals surface area (Å²) >= 11 is 0. The summed E-state index contributed by atoms with van der Waals surface area (Å²) in [6, 6.07) is 16.2. The average Bonchev–Trinajstić information content (AvgIpc) is 3.36. The van der Waals surface area contributed by atoms with Crippen LogP contribution < -0.4 is 19.9 Å². The number of nitrogens with zero attached hydrogens (tertiary/aromatic N) is 2. The predicted octanol–water partition coefficient (Wildman–Crippen LogP) is 4.56. The largest absolute Gasteiger partial charge is 0.497 e. The molecule has 1 N–H and O–H groups in total. The van der Waals surface area contributed by atoms with Gasteiger partial charge in [0.15, 0.2) is 11.4 Å². The van der Waals surface area contributed by atoms with Crippen LogP contribution in [0.2, 0.25) is 18.6 Å². The lowest BCUT2D eigenvalue weighted by atomic mass is 9.82. The number of hydrogen-bond acceptors (Lipinski definition) is 6. The molecule has 0 aliphatic carbocycles. The zero-order valence-corrected chi connectivity index (χ0v) is 24.4. The van der Waals surface area contributed by atoms with Gasteiger partial charge in [0.2, 0.25) is 8.41 Å². The highest BCUT2D eigenvalue weighted by Crippen LogP contribution is 2.60. The smallest absolute Gasteiger partial charge is 0.297 e. The van der Waals surface area contributed by atoms with Gasteiger partial charge >= 0.3 is 0 Å². The van der Waals surface area contributed by atoms with E-state index in [1.165, 1.54) is 11.7 Å². The number of anilines is 1. The van der Waals surface area contributed by atoms with Crippen molar-refractivity contribution in [2.24, 2.45) is 5.92 Å². The zero-order valence-electron chi connectivity index (χ0n) is 23.4. The van der Waals surface area contributed by atoms with Crippen LogP contribution in [0.3, 0.4) is 0 Å². The standard InChI is InChI=1S/C30H35FN2O6Si/c1-19-27(40(4,5)31)25(14-16-34)39-30(19)23-17-22(37-2)12-13-24(23)33(29(30)36)18-20-8-10-21(11-9-20)32-15-6-7-26(38-3)28(32)35/h6-13,15,17,19,25,27,34H,14,16,18H2,1-5H3/t19-,25+,27-,30+/m1/s1. The molecule has 212 valence electrons. The van der Waals surface area contributed by atoms with Crippen LogP contribution in [-0.2, 0) is 21.7 Å². The number of ether oxygens (including phenoxy) is 3. The maximum Gasteiger partial charge on any atom is 0.297 e. The minimum Gasteiger partial charge on any atom is -0.497 e. The molecule has 0 bridgehead atoms. The highest BCUT2D eigenvalue weighted by molar-refractivity contribution is 6.72. The Morgan fingerprint density at radius 2 is 1.80 bits per heavy atom. The third-order valence-electron chi connectivity index (χ3n) is 8.27. The van der Waals surface area contributed by atoms with E-state index in [1.807, 2.05) is 43.3 Å². The van der Waals surface area contributed by atoms with Crippen LogP contribution in [0.15, 0.2) is 65.6 Å². The first kappa shape index (κ1) is 28.1. The first-order valence-corrected chi connectivity index (χ1v) is 16.4. The van der Waals surface area contributed by atoms with Gasteiger partial charge in [-0.2, -0.15) is 0 Å². The van der Waals surface area contributed by atoms with E-state index in [1.54, 1.807) is 49.5 Å². The Hall–Kier alpha value is -3.47. The molecular weight excluding hydrogens is 531 g/mol. The van der Waals surface area contributed by atoms with Crippen LogP contribution in [0.4, 0.5) is 9.80 Å². The molecule has 0 saturated carbocycles. The number of methoxy groups -OCH3 is 2. The van der Waals surface area contributed by atoms with Gasteiger partial charge in [0, 0.05) is 35.5 Å². The van der Waals surface area contributed by atoms with Crippen LogP contribution in [-0.4, -0.2) is 50.9 Å². The quantitative estimate of drug-likeness (QED) is 0.318. The minimum atomic E-state index is -3.28. The van der Waals surface area contributed by atoms with Crippen molar-refractivity contribution in [3.63, 3.8) is 0 Å². The van der Waals surface area contributed by atoms with E-state index < -0.39 is 31.6 Å². The van der Waals surface area contributed by atoms with Crippen LogP contribution >= 0.6 is 0 Å². The minimum absolute atomic E-state index is 0.153. The topological polar surface area (TPSA) is 90.2 Å². The lowest BCUT2D eigenvalue weighted by Crippen LogP contribution is -2.45. The molecular formula is C30H35FN2O6Si. The van der Waals surface area contributed by atoms with Gasteiger partial charge in [-0.15, -0.1) is 0 Å². The first-order valence-electron chi connectivity index (χ1n) is 13.4. The number of benzene rings is 2. The molecule has 10 heteroatoms. The molecule has 5 rings (SSSR count). The summed E-state index contributed by atoms with van der Waals surface area (Å²) < 4.78 is 34.4. The van der Waals surface area contributed by atoms with E-state index in [4.69, 9.17) is 14.2 Å². The molecule has 0 unspecified atom stereocenters. The van der Waals surface area contributed by atoms with Crippen LogP contribution in [0.25, 0.3) is 5.69 Å². The predicted molar refractivity (Wildman–Crippen MR) is 153 cm³/mol. The fraction of sp³-hybridized carbons (Fsp3) is 0.400. The van der Waals surface area contributed by atoms with Gasteiger partial charge in [0.25, 0.3) is 11.5 Å². The number of fused-ring (bicyclic) bond motifs is 2. The molecule has 1 spiro atoms. The van der Waals surface area contributed by atoms with E-state index in [-0.39, 0.29) is 36.8 Å². The maximum absolute atomic E-state index is 15.7. The van der Waals surface area contributed by atoms with Crippen LogP contribution in [0, 0.1) is 5.92 Å². The van der Waals surface area contributed by atoms with Crippen molar-refractivity contribution in [2.45, 2.75) is 50.2 Å². The van der Waals surface area contributed by atoms with Crippen molar-refractivity contribution in [2.75, 3.05) is 25.7 Å². The summed E-state index contributed by atoms with van der Waals surface area (Å²) in [5.74, 6) is 0.131. The Kier molecular flexibility index (Phi) is 7.36. The number of aromatic nitrogens is 1. The Labute approximate surface area is 234 Å². The molecule has 2 aliphatic rings. The van der Waals surface area contributed by atoms with Gasteiger partial charge in [-0.1, -0.05) is 19.1 Å². The Bertz CT molecular complexity index is 1470. The molecule has 2 aliphatic heterocycles. The zero-order chi connectivity index (χ0) is 28.8. The molecule has 4 atom stereocenters. The summed E-state index contributed by atoms with van der Waals surface area (Å²) in [5, 5.41) is 9.74. The maximum atomic E-state index is 15.7. The molecule has 1 amide bonds. The second-order valence-electron chi connectivity index (χ2n) is 11.0. The third-order valence-corrected chi connectivity index (χ3v) is 10.7. The van der Waals surface area contributed by atoms with E-state index in [9.17, 15) is 14.7 Å². The number of aliphatic hydroxyl groups excluding tert-OH is 1. The fourth-order valence-electron chi connectivity index (χ4n) is 6.48. The van der Waals surface area contributed by atoms with Crippen molar-refractivity contribution < 1.29 is 28.2 Å². The highest BCUT2D eigenvalue weighted by atomic mass is 28.4. The number of amides is 1. The summed E-state index contributed by atoms with van der Waals surface area (Å²) in [4.78, 5) is 28.7. The number of pyridine rings is 1. The van der Waals surface area contributed by atoms with Gasteiger partial charge in [0.1, 0.15) is 5.75 Å². The number of carbonyl (C=O) groups is 1. The summed E-state index contributed by atoms with van der Waals surface area (Å²) in [6.07, 6.45) is 1.36.